The van der Waals surface area contributed by atoms with Gasteiger partial charge in [0, 0.05) is 41.3 Å². The number of alkyl carbamates (subject to hydrolysis) is 1. The number of ether oxygens (including phenoxy) is 5. The summed E-state index contributed by atoms with van der Waals surface area (Å²) in [7, 11) is 2.01. The fourth-order valence-electron chi connectivity index (χ4n) is 5.02. The number of nitrogens with zero attached hydrogens (tertiary/aromatic N) is 1. The molecule has 1 unspecified atom stereocenters. The van der Waals surface area contributed by atoms with Crippen molar-refractivity contribution in [1.29, 1.82) is 0 Å². The molecule has 10 heteroatoms. The van der Waals surface area contributed by atoms with Gasteiger partial charge in [0.2, 0.25) is 0 Å². The Morgan fingerprint density at radius 2 is 1.76 bits per heavy atom. The fourth-order valence-corrected chi connectivity index (χ4v) is 5.74. The first kappa shape index (κ1) is 35.7. The molecular weight excluding hydrogens is 552 g/mol. The van der Waals surface area contributed by atoms with Crippen molar-refractivity contribution in [2.24, 2.45) is 17.8 Å². The van der Waals surface area contributed by atoms with E-state index < -0.39 is 19.8 Å². The van der Waals surface area contributed by atoms with E-state index in [4.69, 9.17) is 23.7 Å². The van der Waals surface area contributed by atoms with E-state index in [2.05, 4.69) is 50.9 Å². The Morgan fingerprint density at radius 3 is 2.36 bits per heavy atom. The lowest BCUT2D eigenvalue weighted by atomic mass is 9.80. The minimum absolute atomic E-state index is 0.0671. The van der Waals surface area contributed by atoms with E-state index in [0.29, 0.717) is 50.5 Å². The molecule has 0 aromatic heterocycles. The maximum absolute atomic E-state index is 13.0. The van der Waals surface area contributed by atoms with Crippen LogP contribution in [0.25, 0.3) is 0 Å². The van der Waals surface area contributed by atoms with E-state index in [-0.39, 0.29) is 18.1 Å². The van der Waals surface area contributed by atoms with E-state index in [1.807, 2.05) is 26.8 Å². The predicted molar refractivity (Wildman–Crippen MR) is 169 cm³/mol. The molecule has 1 aliphatic rings. The van der Waals surface area contributed by atoms with Gasteiger partial charge in [0.15, 0.2) is 11.5 Å². The first-order chi connectivity index (χ1) is 19.6. The zero-order valence-electron chi connectivity index (χ0n) is 27.7. The molecule has 0 spiro atoms. The number of methoxy groups -OCH3 is 2. The number of rotatable bonds is 15. The van der Waals surface area contributed by atoms with Crippen LogP contribution in [0.15, 0.2) is 18.2 Å². The number of nitrogens with one attached hydrogen (secondary N) is 1. The molecule has 1 aromatic carbocycles. The average Bonchev–Trinajstić information content (AvgIpc) is 3.26. The number of hydrogen-bond acceptors (Lipinski definition) is 7. The Hall–Kier alpha value is -2.46. The first-order valence-corrected chi connectivity index (χ1v) is 19.0. The molecule has 3 atom stereocenters. The van der Waals surface area contributed by atoms with Crippen LogP contribution in [0.1, 0.15) is 53.0 Å². The Balaban J connectivity index is 2.17. The van der Waals surface area contributed by atoms with Gasteiger partial charge in [0.25, 0.3) is 0 Å². The lowest BCUT2D eigenvalue weighted by Crippen LogP contribution is -2.42. The van der Waals surface area contributed by atoms with Crippen molar-refractivity contribution >= 4 is 20.3 Å². The summed E-state index contributed by atoms with van der Waals surface area (Å²) < 4.78 is 27.9. The van der Waals surface area contributed by atoms with E-state index in [9.17, 15) is 9.59 Å². The summed E-state index contributed by atoms with van der Waals surface area (Å²) in [4.78, 5) is 27.5. The minimum Gasteiger partial charge on any atom is -0.493 e. The van der Waals surface area contributed by atoms with Gasteiger partial charge in [-0.25, -0.2) is 9.59 Å². The Morgan fingerprint density at radius 1 is 1.05 bits per heavy atom. The topological polar surface area (TPSA) is 95.6 Å². The van der Waals surface area contributed by atoms with Crippen molar-refractivity contribution in [3.63, 3.8) is 0 Å². The second-order valence-electron chi connectivity index (χ2n) is 14.0. The SMILES string of the molecule is COCCCOc1cc(CC(C[C@@H]2CN(C(=O)OC(C)(C)C)C[C@H]2NC(=O)OCC[Si](C)(C)C)C(C)C)ccc1OC. The first-order valence-electron chi connectivity index (χ1n) is 15.3. The molecule has 240 valence electrons. The number of hydrogen-bond donors (Lipinski definition) is 1. The van der Waals surface area contributed by atoms with E-state index in [0.717, 1.165) is 36.6 Å². The van der Waals surface area contributed by atoms with Gasteiger partial charge < -0.3 is 33.9 Å². The monoisotopic (exact) mass is 608 g/mol. The van der Waals surface area contributed by atoms with Crippen LogP contribution in [0.2, 0.25) is 25.7 Å². The molecule has 1 saturated heterocycles. The van der Waals surface area contributed by atoms with E-state index in [1.54, 1.807) is 19.1 Å². The molecule has 1 aliphatic heterocycles. The molecule has 0 aliphatic carbocycles. The van der Waals surface area contributed by atoms with Crippen LogP contribution in [0.4, 0.5) is 9.59 Å². The predicted octanol–water partition coefficient (Wildman–Crippen LogP) is 6.62. The molecular formula is C32H56N2O7Si. The Bertz CT molecular complexity index is 990. The van der Waals surface area contributed by atoms with Crippen molar-refractivity contribution in [3.05, 3.63) is 23.8 Å². The van der Waals surface area contributed by atoms with Crippen molar-refractivity contribution in [3.8, 4) is 11.5 Å². The van der Waals surface area contributed by atoms with Gasteiger partial charge in [-0.2, -0.15) is 0 Å². The summed E-state index contributed by atoms with van der Waals surface area (Å²) in [6.45, 7) is 19.3. The quantitative estimate of drug-likeness (QED) is 0.177. The molecule has 0 radical (unpaired) electrons. The van der Waals surface area contributed by atoms with Crippen molar-refractivity contribution in [1.82, 2.24) is 10.2 Å². The highest BCUT2D eigenvalue weighted by Crippen LogP contribution is 2.34. The van der Waals surface area contributed by atoms with E-state index >= 15 is 0 Å². The maximum atomic E-state index is 13.0. The van der Waals surface area contributed by atoms with Gasteiger partial charge >= 0.3 is 12.2 Å². The number of benzene rings is 1. The number of carbonyl (C=O) groups is 2. The number of amides is 2. The largest absolute Gasteiger partial charge is 0.493 e. The third-order valence-corrected chi connectivity index (χ3v) is 9.21. The summed E-state index contributed by atoms with van der Waals surface area (Å²) in [5.74, 6) is 2.20. The molecule has 0 saturated carbocycles. The van der Waals surface area contributed by atoms with Gasteiger partial charge in [-0.3, -0.25) is 0 Å². The Kier molecular flexibility index (Phi) is 14.0. The molecule has 1 N–H and O–H groups in total. The van der Waals surface area contributed by atoms with Gasteiger partial charge in [-0.1, -0.05) is 39.6 Å². The van der Waals surface area contributed by atoms with Crippen LogP contribution in [0.5, 0.6) is 11.5 Å². The zero-order chi connectivity index (χ0) is 31.5. The molecule has 42 heavy (non-hydrogen) atoms. The summed E-state index contributed by atoms with van der Waals surface area (Å²) in [5, 5.41) is 3.09. The van der Waals surface area contributed by atoms with Gasteiger partial charge in [0.1, 0.15) is 5.60 Å². The molecule has 1 heterocycles. The van der Waals surface area contributed by atoms with Crippen LogP contribution in [-0.4, -0.2) is 83.9 Å². The highest BCUT2D eigenvalue weighted by Gasteiger charge is 2.39. The molecule has 1 fully saturated rings. The minimum atomic E-state index is -1.32. The molecule has 2 rings (SSSR count). The van der Waals surface area contributed by atoms with Gasteiger partial charge in [-0.15, -0.1) is 0 Å². The van der Waals surface area contributed by atoms with Crippen LogP contribution in [0, 0.1) is 17.8 Å². The lowest BCUT2D eigenvalue weighted by Gasteiger charge is -2.28. The van der Waals surface area contributed by atoms with Crippen LogP contribution < -0.4 is 14.8 Å². The van der Waals surface area contributed by atoms with Crippen molar-refractivity contribution in [2.75, 3.05) is 47.1 Å². The maximum Gasteiger partial charge on any atom is 0.410 e. The summed E-state index contributed by atoms with van der Waals surface area (Å²) >= 11 is 0. The fraction of sp³-hybridized carbons (Fsp3) is 0.750. The molecule has 1 aromatic rings. The highest BCUT2D eigenvalue weighted by atomic mass is 28.3. The van der Waals surface area contributed by atoms with Gasteiger partial charge in [-0.05, 0) is 75.1 Å². The van der Waals surface area contributed by atoms with Crippen molar-refractivity contribution < 1.29 is 33.3 Å². The zero-order valence-corrected chi connectivity index (χ0v) is 28.7. The second-order valence-corrected chi connectivity index (χ2v) is 19.6. The lowest BCUT2D eigenvalue weighted by molar-refractivity contribution is 0.0283. The normalized spacial score (nSPS) is 18.1. The Labute approximate surface area is 254 Å². The third kappa shape index (κ3) is 12.8. The highest BCUT2D eigenvalue weighted by molar-refractivity contribution is 6.76. The van der Waals surface area contributed by atoms with Gasteiger partial charge in [0.05, 0.1) is 26.4 Å². The average molecular weight is 609 g/mol. The van der Waals surface area contributed by atoms with Crippen LogP contribution in [0.3, 0.4) is 0 Å². The molecule has 0 bridgehead atoms. The summed E-state index contributed by atoms with van der Waals surface area (Å²) in [6, 6.07) is 6.80. The third-order valence-electron chi connectivity index (χ3n) is 7.51. The van der Waals surface area contributed by atoms with E-state index in [1.165, 1.54) is 0 Å². The molecule has 2 amide bonds. The smallest absolute Gasteiger partial charge is 0.410 e. The number of carbonyl (C=O) groups excluding carboxylic acids is 2. The number of likely N-dealkylation sites (tertiary alicyclic amines) is 1. The van der Waals surface area contributed by atoms with Crippen LogP contribution in [-0.2, 0) is 20.6 Å². The second kappa shape index (κ2) is 16.4. The van der Waals surface area contributed by atoms with Crippen LogP contribution >= 0.6 is 0 Å². The standard InChI is InChI=1S/C32H56N2O7Si/c1-23(2)25(18-24-12-13-28(38-7)29(19-24)39-15-11-14-37-6)20-26-21-34(31(36)41-32(3,4)5)22-27(26)33-30(35)40-16-17-42(8,9)10/h12-13,19,23,25-27H,11,14-18,20-22H2,1-10H3,(H,33,35)/t25?,26-,27-/m1/s1. The summed E-state index contributed by atoms with van der Waals surface area (Å²) in [5.41, 5.74) is 0.569. The summed E-state index contributed by atoms with van der Waals surface area (Å²) in [6.07, 6.45) is 1.71. The molecule has 9 nitrogen and oxygen atoms in total. The van der Waals surface area contributed by atoms with Crippen molar-refractivity contribution in [2.45, 2.75) is 91.2 Å².